The summed E-state index contributed by atoms with van der Waals surface area (Å²) in [5.74, 6) is 0. The lowest BCUT2D eigenvalue weighted by molar-refractivity contribution is 0.568. The lowest BCUT2D eigenvalue weighted by Crippen LogP contribution is -2.16. The van der Waals surface area contributed by atoms with E-state index in [-0.39, 0.29) is 32.5 Å². The van der Waals surface area contributed by atoms with Gasteiger partial charge in [-0.1, -0.05) is 222 Å². The molecule has 0 unspecified atom stereocenters. The Bertz CT molecular complexity index is 4630. The number of rotatable bonds is 4. The van der Waals surface area contributed by atoms with Crippen LogP contribution < -0.4 is 0 Å². The Hall–Kier alpha value is -7.20. The number of nitrogens with one attached hydrogen (secondary N) is 1. The lowest BCUT2D eigenvalue weighted by Gasteiger charge is -2.26. The zero-order valence-corrected chi connectivity index (χ0v) is 52.1. The molecule has 0 aliphatic rings. The molecular weight excluding hydrogens is 997 g/mol. The Morgan fingerprint density at radius 3 is 1.27 bits per heavy atom. The van der Waals surface area contributed by atoms with E-state index in [0.717, 1.165) is 5.52 Å². The van der Waals surface area contributed by atoms with Crippen molar-refractivity contribution in [2.45, 2.75) is 157 Å². The van der Waals surface area contributed by atoms with Crippen molar-refractivity contribution in [2.75, 3.05) is 0 Å². The zero-order chi connectivity index (χ0) is 57.4. The zero-order valence-electron chi connectivity index (χ0n) is 51.3. The number of hydrogen-bond acceptors (Lipinski definition) is 1. The highest BCUT2D eigenvalue weighted by Crippen LogP contribution is 2.50. The molecule has 0 atom stereocenters. The molecule has 0 spiro atoms. The van der Waals surface area contributed by atoms with E-state index in [2.05, 4.69) is 286 Å². The van der Waals surface area contributed by atoms with Crippen LogP contribution in [0.3, 0.4) is 0 Å². The quantitative estimate of drug-likeness (QED) is 0.181. The number of hydrogen-bond donors (Lipinski definition) is 1. The van der Waals surface area contributed by atoms with Crippen molar-refractivity contribution >= 4 is 91.4 Å². The number of H-pyrrole nitrogens is 1. The third-order valence-electron chi connectivity index (χ3n) is 17.9. The summed E-state index contributed by atoms with van der Waals surface area (Å²) in [6.07, 6.45) is 0. The standard InChI is InChI=1S/C78H80N2S/c1-73(2,3)51-29-47(30-52(38-51)74(4,5)6)44-22-21-23-46(28-44)69-70-61(41-64-57-24-19-20-25-68(57)81-72(64)69)58-43-67-60(42-65(58)79-70)63-37-50(49-33-55(77(13,14)15)40-56(34-49)78(16,17)18)36-62-59-35-45(26-27-66(59)80(67)71(62)63)48-31-53(75(7,8)9)39-54(32-48)76(10,11)12/h19-43,79H,1-18H3. The topological polar surface area (TPSA) is 20.2 Å². The third kappa shape index (κ3) is 8.87. The van der Waals surface area contributed by atoms with Crippen LogP contribution in [0.5, 0.6) is 0 Å². The second kappa shape index (κ2) is 17.7. The van der Waals surface area contributed by atoms with Crippen molar-refractivity contribution < 1.29 is 0 Å². The van der Waals surface area contributed by atoms with Crippen LogP contribution in [0.4, 0.5) is 0 Å². The Balaban J connectivity index is 1.11. The fourth-order valence-corrected chi connectivity index (χ4v) is 14.0. The maximum Gasteiger partial charge on any atom is 0.0620 e. The van der Waals surface area contributed by atoms with Gasteiger partial charge in [-0.3, -0.25) is 0 Å². The molecule has 0 saturated heterocycles. The Labute approximate surface area is 484 Å². The summed E-state index contributed by atoms with van der Waals surface area (Å²) < 4.78 is 5.22. The van der Waals surface area contributed by atoms with Gasteiger partial charge in [0.2, 0.25) is 0 Å². The van der Waals surface area contributed by atoms with Crippen LogP contribution in [0.2, 0.25) is 0 Å². The molecule has 13 rings (SSSR count). The van der Waals surface area contributed by atoms with Crippen LogP contribution >= 0.6 is 11.3 Å². The number of aromatic nitrogens is 2. The average Bonchev–Trinajstić information content (AvgIpc) is 4.34. The van der Waals surface area contributed by atoms with Crippen LogP contribution in [0.15, 0.2) is 152 Å². The van der Waals surface area contributed by atoms with Crippen LogP contribution in [-0.4, -0.2) is 9.38 Å². The fraction of sp³-hybridized carbons (Fsp3) is 0.308. The molecule has 0 aliphatic heterocycles. The fourth-order valence-electron chi connectivity index (χ4n) is 12.7. The first-order valence-electron chi connectivity index (χ1n) is 29.5. The van der Waals surface area contributed by atoms with E-state index >= 15 is 0 Å². The molecule has 0 radical (unpaired) electrons. The minimum atomic E-state index is -0.0166. The van der Waals surface area contributed by atoms with E-state index in [1.54, 1.807) is 0 Å². The Morgan fingerprint density at radius 1 is 0.309 bits per heavy atom. The van der Waals surface area contributed by atoms with E-state index in [9.17, 15) is 0 Å². The van der Waals surface area contributed by atoms with Crippen LogP contribution in [0.25, 0.3) is 125 Å². The van der Waals surface area contributed by atoms with E-state index in [0.29, 0.717) is 0 Å². The van der Waals surface area contributed by atoms with E-state index < -0.39 is 0 Å². The Morgan fingerprint density at radius 2 is 0.753 bits per heavy atom. The van der Waals surface area contributed by atoms with Gasteiger partial charge in [0.15, 0.2) is 0 Å². The van der Waals surface area contributed by atoms with Gasteiger partial charge in [0.1, 0.15) is 0 Å². The van der Waals surface area contributed by atoms with Crippen LogP contribution in [0, 0.1) is 0 Å². The molecule has 0 bridgehead atoms. The van der Waals surface area contributed by atoms with Gasteiger partial charge < -0.3 is 9.38 Å². The first kappa shape index (κ1) is 53.1. The van der Waals surface area contributed by atoms with Crippen molar-refractivity contribution in [1.82, 2.24) is 9.38 Å². The van der Waals surface area contributed by atoms with Gasteiger partial charge in [0.05, 0.1) is 22.1 Å². The number of thiophene rings is 1. The maximum atomic E-state index is 4.16. The maximum absolute atomic E-state index is 4.16. The summed E-state index contributed by atoms with van der Waals surface area (Å²) in [5, 5.41) is 10.2. The molecule has 13 aromatic rings. The monoisotopic (exact) mass is 1080 g/mol. The molecule has 4 heterocycles. The minimum absolute atomic E-state index is 0.00787. The van der Waals surface area contributed by atoms with Crippen molar-refractivity contribution in [3.63, 3.8) is 0 Å². The number of fused-ring (bicyclic) bond motifs is 12. The highest BCUT2D eigenvalue weighted by Gasteiger charge is 2.28. The normalized spacial score (nSPS) is 13.6. The molecule has 0 amide bonds. The molecule has 408 valence electrons. The summed E-state index contributed by atoms with van der Waals surface area (Å²) >= 11 is 1.92. The summed E-state index contributed by atoms with van der Waals surface area (Å²) in [5.41, 5.74) is 24.4. The third-order valence-corrected chi connectivity index (χ3v) is 19.1. The van der Waals surface area contributed by atoms with Crippen molar-refractivity contribution in [1.29, 1.82) is 0 Å². The second-order valence-corrected chi connectivity index (χ2v) is 31.2. The summed E-state index contributed by atoms with van der Waals surface area (Å²) in [4.78, 5) is 4.16. The van der Waals surface area contributed by atoms with Crippen LogP contribution in [-0.2, 0) is 32.5 Å². The number of benzene rings is 9. The predicted octanol–water partition coefficient (Wildman–Crippen LogP) is 23.3. The van der Waals surface area contributed by atoms with Crippen molar-refractivity contribution in [3.05, 3.63) is 185 Å². The van der Waals surface area contributed by atoms with Crippen molar-refractivity contribution in [2.24, 2.45) is 0 Å². The molecule has 0 fully saturated rings. The van der Waals surface area contributed by atoms with Gasteiger partial charge in [-0.2, -0.15) is 0 Å². The van der Waals surface area contributed by atoms with Gasteiger partial charge in [0, 0.05) is 63.6 Å². The predicted molar refractivity (Wildman–Crippen MR) is 357 cm³/mol. The molecule has 2 nitrogen and oxygen atoms in total. The Kier molecular flexibility index (Phi) is 11.6. The minimum Gasteiger partial charge on any atom is -0.354 e. The first-order chi connectivity index (χ1) is 37.9. The molecule has 81 heavy (non-hydrogen) atoms. The number of aromatic amines is 1. The SMILES string of the molecule is CC(C)(C)c1cc(-c2cccc(-c3c4[nH]c5cc6c7cc(-c8cc(C(C)(C)C)cc(C(C)(C)C)c8)cc8c9cc(-c%10cc(C(C)(C)C)cc(C(C)(C)C)c%10)ccc9n(c6cc5c4cc4c3sc3ccccc34)c87)c2)cc(C(C)(C)C)c1. The smallest absolute Gasteiger partial charge is 0.0620 e. The molecule has 0 saturated carbocycles. The molecular formula is C78H80N2S. The van der Waals surface area contributed by atoms with Gasteiger partial charge >= 0.3 is 0 Å². The molecule has 4 aromatic heterocycles. The van der Waals surface area contributed by atoms with Crippen molar-refractivity contribution in [3.8, 4) is 44.5 Å². The lowest BCUT2D eigenvalue weighted by atomic mass is 9.78. The summed E-state index contributed by atoms with van der Waals surface area (Å²) in [6.45, 7) is 42.1. The highest BCUT2D eigenvalue weighted by molar-refractivity contribution is 7.26. The molecule has 9 aromatic carbocycles. The largest absolute Gasteiger partial charge is 0.354 e. The van der Waals surface area contributed by atoms with Gasteiger partial charge in [0.25, 0.3) is 0 Å². The second-order valence-electron chi connectivity index (χ2n) is 30.2. The first-order valence-corrected chi connectivity index (χ1v) is 30.4. The average molecular weight is 1080 g/mol. The van der Waals surface area contributed by atoms with Gasteiger partial charge in [-0.25, -0.2) is 0 Å². The van der Waals surface area contributed by atoms with E-state index in [1.165, 1.54) is 152 Å². The van der Waals surface area contributed by atoms with E-state index in [1.807, 2.05) is 11.3 Å². The van der Waals surface area contributed by atoms with E-state index in [4.69, 9.17) is 0 Å². The van der Waals surface area contributed by atoms with Gasteiger partial charge in [-0.05, 0) is 159 Å². The van der Waals surface area contributed by atoms with Crippen LogP contribution in [0.1, 0.15) is 158 Å². The highest BCUT2D eigenvalue weighted by atomic mass is 32.1. The summed E-state index contributed by atoms with van der Waals surface area (Å²) in [7, 11) is 0. The summed E-state index contributed by atoms with van der Waals surface area (Å²) in [6, 6.07) is 60.1. The van der Waals surface area contributed by atoms with Gasteiger partial charge in [-0.15, -0.1) is 11.3 Å². The molecule has 3 heteroatoms. The molecule has 0 aliphatic carbocycles. The molecule has 1 N–H and O–H groups in total. The number of nitrogens with zero attached hydrogens (tertiary/aromatic N) is 1.